The molecule has 3 aromatic rings. The van der Waals surface area contributed by atoms with Crippen molar-refractivity contribution in [3.8, 4) is 0 Å². The van der Waals surface area contributed by atoms with Crippen molar-refractivity contribution >= 4 is 29.1 Å². The Morgan fingerprint density at radius 1 is 1.11 bits per heavy atom. The standard InChI is InChI=1S/C22H21ClN4O/c1-14-7-9-16(10-8-14)11-19-24-12-17-13-27(22(28)26(3)21(17)25-19)20-15(2)5-4-6-18(20)23/h4-10,12H,11,13H2,1-3H3. The number of carbonyl (C=O) groups is 1. The van der Waals surface area contributed by atoms with E-state index in [1.54, 1.807) is 22.9 Å². The van der Waals surface area contributed by atoms with Crippen LogP contribution in [0.5, 0.6) is 0 Å². The Bertz CT molecular complexity index is 1030. The molecule has 0 unspecified atom stereocenters. The number of aryl methyl sites for hydroxylation is 2. The average Bonchev–Trinajstić information content (AvgIpc) is 2.68. The number of fused-ring (bicyclic) bond motifs is 1. The van der Waals surface area contributed by atoms with Crippen LogP contribution in [0.4, 0.5) is 16.3 Å². The molecule has 6 heteroatoms. The Morgan fingerprint density at radius 3 is 2.57 bits per heavy atom. The van der Waals surface area contributed by atoms with Gasteiger partial charge in [-0.3, -0.25) is 9.80 Å². The summed E-state index contributed by atoms with van der Waals surface area (Å²) in [6, 6.07) is 13.8. The SMILES string of the molecule is Cc1ccc(Cc2ncc3c(n2)N(C)C(=O)N(c2c(C)cccc2Cl)C3)cc1. The maximum Gasteiger partial charge on any atom is 0.330 e. The molecule has 0 fully saturated rings. The molecule has 0 radical (unpaired) electrons. The third-order valence-electron chi connectivity index (χ3n) is 5.00. The first-order valence-electron chi connectivity index (χ1n) is 9.14. The lowest BCUT2D eigenvalue weighted by atomic mass is 10.1. The highest BCUT2D eigenvalue weighted by Crippen LogP contribution is 2.35. The van der Waals surface area contributed by atoms with Crippen molar-refractivity contribution in [1.29, 1.82) is 0 Å². The van der Waals surface area contributed by atoms with Crippen LogP contribution < -0.4 is 9.80 Å². The molecule has 4 rings (SSSR count). The second kappa shape index (κ2) is 7.24. The number of hydrogen-bond acceptors (Lipinski definition) is 3. The van der Waals surface area contributed by atoms with Gasteiger partial charge in [0.15, 0.2) is 0 Å². The van der Waals surface area contributed by atoms with Crippen LogP contribution >= 0.6 is 11.6 Å². The van der Waals surface area contributed by atoms with E-state index in [-0.39, 0.29) is 6.03 Å². The minimum Gasteiger partial charge on any atom is -0.288 e. The van der Waals surface area contributed by atoms with E-state index < -0.39 is 0 Å². The predicted octanol–water partition coefficient (Wildman–Crippen LogP) is 4.91. The maximum atomic E-state index is 13.0. The molecule has 28 heavy (non-hydrogen) atoms. The van der Waals surface area contributed by atoms with E-state index in [4.69, 9.17) is 11.6 Å². The zero-order chi connectivity index (χ0) is 19.8. The van der Waals surface area contributed by atoms with Crippen LogP contribution in [0.25, 0.3) is 0 Å². The van der Waals surface area contributed by atoms with E-state index in [9.17, 15) is 4.79 Å². The number of para-hydroxylation sites is 1. The molecule has 0 N–H and O–H groups in total. The number of benzene rings is 2. The molecule has 5 nitrogen and oxygen atoms in total. The Morgan fingerprint density at radius 2 is 1.86 bits per heavy atom. The fourth-order valence-electron chi connectivity index (χ4n) is 3.46. The second-order valence-electron chi connectivity index (χ2n) is 7.13. The van der Waals surface area contributed by atoms with E-state index in [0.717, 1.165) is 22.4 Å². The zero-order valence-electron chi connectivity index (χ0n) is 16.1. The number of carbonyl (C=O) groups excluding carboxylic acids is 1. The molecule has 2 aromatic carbocycles. The molecule has 142 valence electrons. The lowest BCUT2D eigenvalue weighted by molar-refractivity contribution is 0.251. The number of nitrogens with zero attached hydrogens (tertiary/aromatic N) is 4. The van der Waals surface area contributed by atoms with Gasteiger partial charge in [0, 0.05) is 25.2 Å². The van der Waals surface area contributed by atoms with Gasteiger partial charge in [-0.05, 0) is 31.0 Å². The highest BCUT2D eigenvalue weighted by Gasteiger charge is 2.32. The van der Waals surface area contributed by atoms with E-state index >= 15 is 0 Å². The van der Waals surface area contributed by atoms with Crippen LogP contribution in [-0.4, -0.2) is 23.0 Å². The summed E-state index contributed by atoms with van der Waals surface area (Å²) in [6.45, 7) is 4.41. The first-order chi connectivity index (χ1) is 13.4. The van der Waals surface area contributed by atoms with Crippen molar-refractivity contribution in [3.63, 3.8) is 0 Å². The minimum atomic E-state index is -0.149. The van der Waals surface area contributed by atoms with Crippen LogP contribution in [0.1, 0.15) is 28.1 Å². The Kier molecular flexibility index (Phi) is 4.77. The van der Waals surface area contributed by atoms with Gasteiger partial charge in [-0.15, -0.1) is 0 Å². The van der Waals surface area contributed by atoms with Gasteiger partial charge in [-0.25, -0.2) is 14.8 Å². The van der Waals surface area contributed by atoms with Gasteiger partial charge in [0.05, 0.1) is 17.3 Å². The normalized spacial score (nSPS) is 13.6. The van der Waals surface area contributed by atoms with Gasteiger partial charge in [0.25, 0.3) is 0 Å². The van der Waals surface area contributed by atoms with Crippen molar-refractivity contribution in [3.05, 3.63) is 81.8 Å². The first-order valence-corrected chi connectivity index (χ1v) is 9.52. The number of rotatable bonds is 3. The Labute approximate surface area is 169 Å². The van der Waals surface area contributed by atoms with E-state index in [0.29, 0.717) is 29.6 Å². The molecular weight excluding hydrogens is 372 g/mol. The number of aromatic nitrogens is 2. The summed E-state index contributed by atoms with van der Waals surface area (Å²) in [5, 5.41) is 0.558. The van der Waals surface area contributed by atoms with Gasteiger partial charge < -0.3 is 0 Å². The Hall–Kier alpha value is -2.92. The fraction of sp³-hybridized carbons (Fsp3) is 0.227. The molecule has 0 bridgehead atoms. The molecule has 0 spiro atoms. The number of hydrogen-bond donors (Lipinski definition) is 0. The Balaban J connectivity index is 1.66. The molecule has 1 aliphatic rings. The van der Waals surface area contributed by atoms with Crippen molar-refractivity contribution in [2.45, 2.75) is 26.8 Å². The third kappa shape index (κ3) is 3.34. The summed E-state index contributed by atoms with van der Waals surface area (Å²) in [5.41, 5.74) is 4.94. The largest absolute Gasteiger partial charge is 0.330 e. The van der Waals surface area contributed by atoms with E-state index in [1.807, 2.05) is 25.3 Å². The monoisotopic (exact) mass is 392 g/mol. The van der Waals surface area contributed by atoms with Crippen LogP contribution in [-0.2, 0) is 13.0 Å². The van der Waals surface area contributed by atoms with Crippen LogP contribution in [0.15, 0.2) is 48.7 Å². The number of urea groups is 1. The predicted molar refractivity (Wildman–Crippen MR) is 112 cm³/mol. The van der Waals surface area contributed by atoms with Gasteiger partial charge in [0.1, 0.15) is 11.6 Å². The zero-order valence-corrected chi connectivity index (χ0v) is 16.9. The summed E-state index contributed by atoms with van der Waals surface area (Å²) in [7, 11) is 1.74. The third-order valence-corrected chi connectivity index (χ3v) is 5.30. The molecule has 2 heterocycles. The summed E-state index contributed by atoms with van der Waals surface area (Å²) >= 11 is 6.39. The topological polar surface area (TPSA) is 49.3 Å². The molecular formula is C22H21ClN4O. The van der Waals surface area contributed by atoms with Crippen LogP contribution in [0.2, 0.25) is 5.02 Å². The molecule has 1 aliphatic heterocycles. The van der Waals surface area contributed by atoms with Gasteiger partial charge >= 0.3 is 6.03 Å². The molecule has 0 saturated heterocycles. The number of anilines is 2. The quantitative estimate of drug-likeness (QED) is 0.636. The smallest absolute Gasteiger partial charge is 0.288 e. The van der Waals surface area contributed by atoms with Crippen molar-refractivity contribution in [2.75, 3.05) is 16.8 Å². The lowest BCUT2D eigenvalue weighted by Crippen LogP contribution is -2.46. The highest BCUT2D eigenvalue weighted by atomic mass is 35.5. The van der Waals surface area contributed by atoms with Crippen molar-refractivity contribution in [1.82, 2.24) is 9.97 Å². The van der Waals surface area contributed by atoms with E-state index in [2.05, 4.69) is 41.2 Å². The molecule has 0 saturated carbocycles. The highest BCUT2D eigenvalue weighted by molar-refractivity contribution is 6.34. The summed E-state index contributed by atoms with van der Waals surface area (Å²) in [6.07, 6.45) is 2.44. The summed E-state index contributed by atoms with van der Waals surface area (Å²) < 4.78 is 0. The van der Waals surface area contributed by atoms with E-state index in [1.165, 1.54) is 5.56 Å². The van der Waals surface area contributed by atoms with Gasteiger partial charge in [-0.1, -0.05) is 53.6 Å². The van der Waals surface area contributed by atoms with Crippen LogP contribution in [0, 0.1) is 13.8 Å². The molecule has 0 atom stereocenters. The minimum absolute atomic E-state index is 0.149. The van der Waals surface area contributed by atoms with Gasteiger partial charge in [0.2, 0.25) is 0 Å². The molecule has 0 aliphatic carbocycles. The van der Waals surface area contributed by atoms with Crippen molar-refractivity contribution < 1.29 is 4.79 Å². The maximum absolute atomic E-state index is 13.0. The molecule has 2 amide bonds. The number of halogens is 1. The first kappa shape index (κ1) is 18.4. The summed E-state index contributed by atoms with van der Waals surface area (Å²) in [4.78, 5) is 25.5. The average molecular weight is 393 g/mol. The van der Waals surface area contributed by atoms with Crippen molar-refractivity contribution in [2.24, 2.45) is 0 Å². The number of amides is 2. The lowest BCUT2D eigenvalue weighted by Gasteiger charge is -2.35. The van der Waals surface area contributed by atoms with Crippen LogP contribution in [0.3, 0.4) is 0 Å². The molecule has 1 aromatic heterocycles. The fourth-order valence-corrected chi connectivity index (χ4v) is 3.78. The second-order valence-corrected chi connectivity index (χ2v) is 7.54. The van der Waals surface area contributed by atoms with Gasteiger partial charge in [-0.2, -0.15) is 0 Å². The summed E-state index contributed by atoms with van der Waals surface area (Å²) in [5.74, 6) is 1.35.